The molecule has 5 rings (SSSR count). The van der Waals surface area contributed by atoms with Crippen LogP contribution in [0.4, 0.5) is 0 Å². The first-order valence-electron chi connectivity index (χ1n) is 10.8. The van der Waals surface area contributed by atoms with Crippen molar-refractivity contribution in [2.45, 2.75) is 0 Å². The largest absolute Gasteiger partial charge is 0.298 e. The minimum Gasteiger partial charge on any atom is -0.298 e. The van der Waals surface area contributed by atoms with Crippen molar-refractivity contribution >= 4 is 6.29 Å². The van der Waals surface area contributed by atoms with Crippen LogP contribution in [-0.2, 0) is 0 Å². The molecule has 4 nitrogen and oxygen atoms in total. The lowest BCUT2D eigenvalue weighted by atomic mass is 10.0. The van der Waals surface area contributed by atoms with Crippen LogP contribution < -0.4 is 0 Å². The molecule has 0 saturated carbocycles. The minimum absolute atomic E-state index is 0.641. The monoisotopic (exact) mass is 437 g/mol. The van der Waals surface area contributed by atoms with Gasteiger partial charge in [0.1, 0.15) is 6.29 Å². The first-order chi connectivity index (χ1) is 16.8. The summed E-state index contributed by atoms with van der Waals surface area (Å²) < 4.78 is 0. The number of aromatic nitrogens is 3. The second-order valence-corrected chi connectivity index (χ2v) is 7.62. The van der Waals surface area contributed by atoms with Crippen molar-refractivity contribution in [3.8, 4) is 45.7 Å². The molecule has 0 N–H and O–H groups in total. The third-order valence-corrected chi connectivity index (χ3v) is 5.30. The smallest absolute Gasteiger partial charge is 0.150 e. The Bertz CT molecular complexity index is 1430. The molecule has 0 fully saturated rings. The summed E-state index contributed by atoms with van der Waals surface area (Å²) >= 11 is 0. The third-order valence-electron chi connectivity index (χ3n) is 5.30. The van der Waals surface area contributed by atoms with Gasteiger partial charge in [-0.25, -0.2) is 4.98 Å². The first-order valence-corrected chi connectivity index (χ1v) is 10.8. The maximum absolute atomic E-state index is 10.8. The molecule has 0 saturated heterocycles. The molecule has 0 aliphatic rings. The van der Waals surface area contributed by atoms with Crippen LogP contribution in [-0.4, -0.2) is 21.2 Å². The number of pyridine rings is 3. The average Bonchev–Trinajstić information content (AvgIpc) is 2.93. The second kappa shape index (κ2) is 9.72. The SMILES string of the molecule is O=Cc1ccc(C#Cc2ccc(-c3cc(-c4ccccn4)nc(-c4ccccn4)c3)cc2)cc1. The highest BCUT2D eigenvalue weighted by molar-refractivity contribution is 5.76. The Balaban J connectivity index is 1.49. The Morgan fingerprint density at radius 3 is 1.56 bits per heavy atom. The zero-order valence-corrected chi connectivity index (χ0v) is 18.2. The fraction of sp³-hybridized carbons (Fsp3) is 0. The predicted molar refractivity (Wildman–Crippen MR) is 134 cm³/mol. The van der Waals surface area contributed by atoms with Crippen LogP contribution in [0.3, 0.4) is 0 Å². The molecular weight excluding hydrogens is 418 g/mol. The summed E-state index contributed by atoms with van der Waals surface area (Å²) in [6, 6.07) is 31.0. The quantitative estimate of drug-likeness (QED) is 0.252. The van der Waals surface area contributed by atoms with Crippen LogP contribution in [0.2, 0.25) is 0 Å². The first kappa shape index (κ1) is 21.0. The molecule has 0 aliphatic carbocycles. The number of carbonyl (C=O) groups is 1. The number of hydrogen-bond acceptors (Lipinski definition) is 4. The van der Waals surface area contributed by atoms with Crippen molar-refractivity contribution in [3.63, 3.8) is 0 Å². The van der Waals surface area contributed by atoms with E-state index in [-0.39, 0.29) is 0 Å². The van der Waals surface area contributed by atoms with Crippen LogP contribution in [0, 0.1) is 11.8 Å². The van der Waals surface area contributed by atoms with Gasteiger partial charge in [0.2, 0.25) is 0 Å². The summed E-state index contributed by atoms with van der Waals surface area (Å²) in [5.41, 5.74) is 7.70. The predicted octanol–water partition coefficient (Wildman–Crippen LogP) is 6.08. The highest BCUT2D eigenvalue weighted by atomic mass is 16.1. The molecule has 3 aromatic heterocycles. The summed E-state index contributed by atoms with van der Waals surface area (Å²) in [4.78, 5) is 24.6. The molecule has 5 aromatic rings. The molecule has 0 unspecified atom stereocenters. The number of rotatable bonds is 4. The van der Waals surface area contributed by atoms with E-state index in [1.165, 1.54) is 0 Å². The topological polar surface area (TPSA) is 55.7 Å². The Labute approximate surface area is 198 Å². The van der Waals surface area contributed by atoms with E-state index < -0.39 is 0 Å². The van der Waals surface area contributed by atoms with Gasteiger partial charge in [-0.1, -0.05) is 48.2 Å². The van der Waals surface area contributed by atoms with E-state index in [2.05, 4.69) is 33.9 Å². The van der Waals surface area contributed by atoms with Gasteiger partial charge in [0.15, 0.2) is 0 Å². The van der Waals surface area contributed by atoms with Crippen molar-refractivity contribution in [2.24, 2.45) is 0 Å². The molecule has 0 spiro atoms. The number of hydrogen-bond donors (Lipinski definition) is 0. The van der Waals surface area contributed by atoms with Crippen molar-refractivity contribution < 1.29 is 4.79 Å². The lowest BCUT2D eigenvalue weighted by Gasteiger charge is -2.09. The molecule has 0 bridgehead atoms. The Morgan fingerprint density at radius 2 is 1.09 bits per heavy atom. The maximum Gasteiger partial charge on any atom is 0.150 e. The Hall–Kier alpha value is -4.88. The van der Waals surface area contributed by atoms with Gasteiger partial charge in [0, 0.05) is 29.1 Å². The van der Waals surface area contributed by atoms with Crippen LogP contribution in [0.5, 0.6) is 0 Å². The van der Waals surface area contributed by atoms with Crippen LogP contribution in [0.25, 0.3) is 33.9 Å². The number of aldehydes is 1. The van der Waals surface area contributed by atoms with E-state index >= 15 is 0 Å². The highest BCUT2D eigenvalue weighted by Crippen LogP contribution is 2.29. The second-order valence-electron chi connectivity index (χ2n) is 7.62. The van der Waals surface area contributed by atoms with E-state index in [9.17, 15) is 4.79 Å². The molecule has 0 amide bonds. The van der Waals surface area contributed by atoms with Crippen molar-refractivity contribution in [1.29, 1.82) is 0 Å². The number of nitrogens with zero attached hydrogens (tertiary/aromatic N) is 3. The molecule has 0 aliphatic heterocycles. The Morgan fingerprint density at radius 1 is 0.559 bits per heavy atom. The lowest BCUT2D eigenvalue weighted by Crippen LogP contribution is -1.93. The summed E-state index contributed by atoms with van der Waals surface area (Å²) in [5.74, 6) is 6.32. The summed E-state index contributed by atoms with van der Waals surface area (Å²) in [5, 5.41) is 0. The molecule has 0 atom stereocenters. The van der Waals surface area contributed by atoms with Crippen LogP contribution >= 0.6 is 0 Å². The van der Waals surface area contributed by atoms with Gasteiger partial charge < -0.3 is 0 Å². The number of carbonyl (C=O) groups excluding carboxylic acids is 1. The molecular formula is C30H19N3O. The zero-order chi connectivity index (χ0) is 23.2. The van der Waals surface area contributed by atoms with Crippen molar-refractivity contribution in [2.75, 3.05) is 0 Å². The molecule has 0 radical (unpaired) electrons. The van der Waals surface area contributed by atoms with Gasteiger partial charge in [0.25, 0.3) is 0 Å². The van der Waals surface area contributed by atoms with Crippen LogP contribution in [0.15, 0.2) is 109 Å². The molecule has 2 aromatic carbocycles. The van der Waals surface area contributed by atoms with E-state index in [4.69, 9.17) is 4.98 Å². The molecule has 160 valence electrons. The minimum atomic E-state index is 0.641. The summed E-state index contributed by atoms with van der Waals surface area (Å²) in [6.07, 6.45) is 4.36. The van der Waals surface area contributed by atoms with Crippen molar-refractivity contribution in [3.05, 3.63) is 126 Å². The van der Waals surface area contributed by atoms with Gasteiger partial charge in [-0.15, -0.1) is 0 Å². The average molecular weight is 438 g/mol. The summed E-state index contributed by atoms with van der Waals surface area (Å²) in [7, 11) is 0. The number of benzene rings is 2. The zero-order valence-electron chi connectivity index (χ0n) is 18.2. The Kier molecular flexibility index (Phi) is 6.00. The summed E-state index contributed by atoms with van der Waals surface area (Å²) in [6.45, 7) is 0. The molecule has 34 heavy (non-hydrogen) atoms. The standard InChI is InChI=1S/C30H19N3O/c34-21-24-11-9-22(10-12-24)7-8-23-13-15-25(16-14-23)26-19-29(27-5-1-3-17-31-27)33-30(20-26)28-6-2-4-18-32-28/h1-6,9-21H. The fourth-order valence-corrected chi connectivity index (χ4v) is 3.52. The molecule has 4 heteroatoms. The van der Waals surface area contributed by atoms with Gasteiger partial charge in [0.05, 0.1) is 22.8 Å². The fourth-order valence-electron chi connectivity index (χ4n) is 3.52. The maximum atomic E-state index is 10.8. The van der Waals surface area contributed by atoms with Gasteiger partial charge >= 0.3 is 0 Å². The van der Waals surface area contributed by atoms with E-state index in [1.807, 2.05) is 72.8 Å². The van der Waals surface area contributed by atoms with E-state index in [1.54, 1.807) is 24.5 Å². The van der Waals surface area contributed by atoms with Gasteiger partial charge in [-0.3, -0.25) is 14.8 Å². The molecule has 3 heterocycles. The van der Waals surface area contributed by atoms with Crippen LogP contribution in [0.1, 0.15) is 21.5 Å². The van der Waals surface area contributed by atoms with Gasteiger partial charge in [-0.05, 0) is 71.8 Å². The van der Waals surface area contributed by atoms with E-state index in [0.717, 1.165) is 51.3 Å². The van der Waals surface area contributed by atoms with Crippen molar-refractivity contribution in [1.82, 2.24) is 15.0 Å². The van der Waals surface area contributed by atoms with Gasteiger partial charge in [-0.2, -0.15) is 0 Å². The van der Waals surface area contributed by atoms with E-state index in [0.29, 0.717) is 5.56 Å². The highest BCUT2D eigenvalue weighted by Gasteiger charge is 2.10. The third kappa shape index (κ3) is 4.79. The lowest BCUT2D eigenvalue weighted by molar-refractivity contribution is 0.112. The normalized spacial score (nSPS) is 10.2.